The molecule has 0 spiro atoms. The average molecular weight is 362 g/mol. The number of amides is 1. The number of ether oxygens (including phenoxy) is 1. The topological polar surface area (TPSA) is 64.4 Å². The van der Waals surface area contributed by atoms with Crippen LogP contribution in [0.5, 0.6) is 5.75 Å². The number of rotatable bonds is 6. The van der Waals surface area contributed by atoms with Gasteiger partial charge >= 0.3 is 0 Å². The quantitative estimate of drug-likeness (QED) is 0.721. The zero-order valence-corrected chi connectivity index (χ0v) is 15.5. The molecule has 0 unspecified atom stereocenters. The smallest absolute Gasteiger partial charge is 0.255 e. The minimum absolute atomic E-state index is 0.117. The van der Waals surface area contributed by atoms with Gasteiger partial charge in [-0.2, -0.15) is 0 Å². The first-order chi connectivity index (χ1) is 13.1. The van der Waals surface area contributed by atoms with Crippen LogP contribution >= 0.6 is 0 Å². The number of nitrogens with one attached hydrogen (secondary N) is 1. The molecule has 1 aliphatic rings. The summed E-state index contributed by atoms with van der Waals surface area (Å²) in [5, 5.41) is 6.98. The fourth-order valence-electron chi connectivity index (χ4n) is 3.49. The molecule has 0 saturated heterocycles. The number of carbonyl (C=O) groups excluding carboxylic acids is 1. The minimum Gasteiger partial charge on any atom is -0.488 e. The van der Waals surface area contributed by atoms with Crippen LogP contribution in [0.1, 0.15) is 44.4 Å². The number of hydrogen-bond donors (Lipinski definition) is 1. The van der Waals surface area contributed by atoms with Crippen LogP contribution in [0.3, 0.4) is 0 Å². The number of nitrogens with zero attached hydrogens (tertiary/aromatic N) is 1. The van der Waals surface area contributed by atoms with Crippen molar-refractivity contribution >= 4 is 5.91 Å². The molecular formula is C22H22N2O3. The van der Waals surface area contributed by atoms with E-state index in [9.17, 15) is 4.79 Å². The van der Waals surface area contributed by atoms with Gasteiger partial charge in [-0.25, -0.2) is 0 Å². The van der Waals surface area contributed by atoms with Crippen LogP contribution in [-0.4, -0.2) is 17.6 Å². The number of carbonyl (C=O) groups is 1. The van der Waals surface area contributed by atoms with Crippen molar-refractivity contribution in [3.63, 3.8) is 0 Å². The summed E-state index contributed by atoms with van der Waals surface area (Å²) in [5.74, 6) is 1.57. The molecule has 1 aliphatic carbocycles. The van der Waals surface area contributed by atoms with Crippen LogP contribution in [0.4, 0.5) is 0 Å². The first-order valence-corrected chi connectivity index (χ1v) is 9.13. The van der Waals surface area contributed by atoms with Gasteiger partial charge in [0.2, 0.25) is 0 Å². The van der Waals surface area contributed by atoms with Gasteiger partial charge in [0.15, 0.2) is 0 Å². The molecule has 5 nitrogen and oxygen atoms in total. The molecule has 1 N–H and O–H groups in total. The Morgan fingerprint density at radius 1 is 1.19 bits per heavy atom. The minimum atomic E-state index is -0.117. The Bertz CT molecular complexity index is 958. The first-order valence-electron chi connectivity index (χ1n) is 9.13. The second kappa shape index (κ2) is 7.27. The normalized spacial score (nSPS) is 15.0. The molecule has 0 bridgehead atoms. The van der Waals surface area contributed by atoms with Crippen LogP contribution < -0.4 is 10.1 Å². The van der Waals surface area contributed by atoms with Gasteiger partial charge in [-0.15, -0.1) is 0 Å². The zero-order valence-electron chi connectivity index (χ0n) is 15.5. The Morgan fingerprint density at radius 2 is 1.96 bits per heavy atom. The van der Waals surface area contributed by atoms with Gasteiger partial charge in [0.05, 0.1) is 16.8 Å². The van der Waals surface area contributed by atoms with E-state index in [1.165, 1.54) is 11.1 Å². The molecule has 0 fully saturated rings. The maximum atomic E-state index is 12.7. The summed E-state index contributed by atoms with van der Waals surface area (Å²) in [5.41, 5.74) is 4.96. The van der Waals surface area contributed by atoms with Crippen LogP contribution in [0, 0.1) is 13.8 Å². The Labute approximate surface area is 158 Å². The molecule has 0 aliphatic heterocycles. The molecule has 1 atom stereocenters. The van der Waals surface area contributed by atoms with Gasteiger partial charge < -0.3 is 14.6 Å². The van der Waals surface area contributed by atoms with Crippen molar-refractivity contribution in [1.29, 1.82) is 0 Å². The second-order valence-corrected chi connectivity index (χ2v) is 6.90. The van der Waals surface area contributed by atoms with Crippen molar-refractivity contribution in [2.75, 3.05) is 6.54 Å². The Hall–Kier alpha value is -3.08. The van der Waals surface area contributed by atoms with Gasteiger partial charge in [0, 0.05) is 12.5 Å². The van der Waals surface area contributed by atoms with E-state index in [2.05, 4.69) is 28.7 Å². The van der Waals surface area contributed by atoms with Crippen molar-refractivity contribution in [2.45, 2.75) is 32.8 Å². The highest BCUT2D eigenvalue weighted by Gasteiger charge is 2.26. The lowest BCUT2D eigenvalue weighted by atomic mass is 9.77. The van der Waals surface area contributed by atoms with Crippen LogP contribution in [0.2, 0.25) is 0 Å². The summed E-state index contributed by atoms with van der Waals surface area (Å²) in [6.45, 7) is 4.69. The SMILES string of the molecule is Cc1noc(C)c1COc1ccccc1C(=O)NC[C@H]1Cc2ccccc21. The maximum absolute atomic E-state index is 12.7. The third-order valence-electron chi connectivity index (χ3n) is 5.16. The number of para-hydroxylation sites is 1. The highest BCUT2D eigenvalue weighted by atomic mass is 16.5. The lowest BCUT2D eigenvalue weighted by Crippen LogP contribution is -2.33. The summed E-state index contributed by atoms with van der Waals surface area (Å²) in [6, 6.07) is 15.7. The van der Waals surface area contributed by atoms with E-state index in [0.717, 1.165) is 23.4 Å². The molecule has 27 heavy (non-hydrogen) atoms. The van der Waals surface area contributed by atoms with Crippen molar-refractivity contribution in [3.8, 4) is 5.75 Å². The number of aromatic nitrogens is 1. The van der Waals surface area contributed by atoms with E-state index in [1.54, 1.807) is 6.07 Å². The van der Waals surface area contributed by atoms with Crippen molar-refractivity contribution in [1.82, 2.24) is 10.5 Å². The number of benzene rings is 2. The molecule has 0 saturated carbocycles. The van der Waals surface area contributed by atoms with E-state index in [0.29, 0.717) is 30.4 Å². The molecule has 1 aromatic heterocycles. The number of fused-ring (bicyclic) bond motifs is 1. The van der Waals surface area contributed by atoms with Crippen LogP contribution in [0.25, 0.3) is 0 Å². The van der Waals surface area contributed by atoms with E-state index >= 15 is 0 Å². The standard InChI is InChI=1S/C22H22N2O3/c1-14-20(15(2)27-24-14)13-26-21-10-6-5-9-19(21)22(25)23-12-17-11-16-7-3-4-8-18(16)17/h3-10,17H,11-13H2,1-2H3,(H,23,25)/t17-/m1/s1. The lowest BCUT2D eigenvalue weighted by molar-refractivity contribution is 0.0945. The third-order valence-corrected chi connectivity index (χ3v) is 5.16. The van der Waals surface area contributed by atoms with Gasteiger partial charge in [-0.05, 0) is 43.5 Å². The largest absolute Gasteiger partial charge is 0.488 e. The van der Waals surface area contributed by atoms with Crippen LogP contribution in [0.15, 0.2) is 53.1 Å². The molecule has 4 rings (SSSR count). The van der Waals surface area contributed by atoms with Gasteiger partial charge in [0.1, 0.15) is 18.1 Å². The van der Waals surface area contributed by atoms with E-state index in [4.69, 9.17) is 9.26 Å². The number of aryl methyl sites for hydroxylation is 2. The second-order valence-electron chi connectivity index (χ2n) is 6.90. The Morgan fingerprint density at radius 3 is 2.74 bits per heavy atom. The summed E-state index contributed by atoms with van der Waals surface area (Å²) in [6.07, 6.45) is 1.01. The van der Waals surface area contributed by atoms with Crippen molar-refractivity contribution in [3.05, 3.63) is 82.2 Å². The molecule has 1 amide bonds. The van der Waals surface area contributed by atoms with E-state index < -0.39 is 0 Å². The van der Waals surface area contributed by atoms with E-state index in [-0.39, 0.29) is 5.91 Å². The van der Waals surface area contributed by atoms with Crippen molar-refractivity contribution < 1.29 is 14.1 Å². The van der Waals surface area contributed by atoms with Gasteiger partial charge in [0.25, 0.3) is 5.91 Å². The predicted molar refractivity (Wildman–Crippen MR) is 102 cm³/mol. The molecule has 138 valence electrons. The zero-order chi connectivity index (χ0) is 18.8. The van der Waals surface area contributed by atoms with Crippen molar-refractivity contribution in [2.24, 2.45) is 0 Å². The monoisotopic (exact) mass is 362 g/mol. The molecule has 0 radical (unpaired) electrons. The van der Waals surface area contributed by atoms with Gasteiger partial charge in [-0.3, -0.25) is 4.79 Å². The molecule has 1 heterocycles. The first kappa shape index (κ1) is 17.3. The fourth-order valence-corrected chi connectivity index (χ4v) is 3.49. The highest BCUT2D eigenvalue weighted by molar-refractivity contribution is 5.96. The summed E-state index contributed by atoms with van der Waals surface area (Å²) >= 11 is 0. The van der Waals surface area contributed by atoms with Crippen LogP contribution in [-0.2, 0) is 13.0 Å². The highest BCUT2D eigenvalue weighted by Crippen LogP contribution is 2.34. The summed E-state index contributed by atoms with van der Waals surface area (Å²) in [4.78, 5) is 12.7. The van der Waals surface area contributed by atoms with E-state index in [1.807, 2.05) is 38.1 Å². The molecule has 2 aromatic carbocycles. The molecule has 3 aromatic rings. The Kier molecular flexibility index (Phi) is 4.67. The Balaban J connectivity index is 1.41. The summed E-state index contributed by atoms with van der Waals surface area (Å²) in [7, 11) is 0. The number of hydrogen-bond acceptors (Lipinski definition) is 4. The molecule has 5 heteroatoms. The predicted octanol–water partition coefficient (Wildman–Crippen LogP) is 3.94. The van der Waals surface area contributed by atoms with Gasteiger partial charge in [-0.1, -0.05) is 41.6 Å². The average Bonchev–Trinajstić information content (AvgIpc) is 2.98. The lowest BCUT2D eigenvalue weighted by Gasteiger charge is -2.30. The fraction of sp³-hybridized carbons (Fsp3) is 0.273. The maximum Gasteiger partial charge on any atom is 0.255 e. The summed E-state index contributed by atoms with van der Waals surface area (Å²) < 4.78 is 11.1. The molecular weight excluding hydrogens is 340 g/mol. The third kappa shape index (κ3) is 3.45.